The first-order valence-corrected chi connectivity index (χ1v) is 8.99. The van der Waals surface area contributed by atoms with Crippen LogP contribution in [0.2, 0.25) is 0 Å². The number of aryl methyl sites for hydroxylation is 1. The molecule has 1 aliphatic heterocycles. The Bertz CT molecular complexity index is 645. The van der Waals surface area contributed by atoms with E-state index in [4.69, 9.17) is 4.42 Å². The smallest absolute Gasteiger partial charge is 0.126 e. The fourth-order valence-electron chi connectivity index (χ4n) is 3.24. The second kappa shape index (κ2) is 7.86. The van der Waals surface area contributed by atoms with E-state index in [-0.39, 0.29) is 12.1 Å². The number of furan rings is 1. The van der Waals surface area contributed by atoms with Gasteiger partial charge >= 0.3 is 0 Å². The van der Waals surface area contributed by atoms with E-state index in [2.05, 4.69) is 60.5 Å². The monoisotopic (exact) mass is 328 g/mol. The standard InChI is InChI=1S/C20H28N2O2/c1-3-18-8-9-20(24-18)15(2)21-19-7-5-4-6-16(19)14-22-12-10-17(23)11-13-22/h4-9,15,17,21,23H,3,10-14H2,1-2H3. The number of para-hydroxylation sites is 1. The molecule has 2 aromatic rings. The average Bonchev–Trinajstić information content (AvgIpc) is 3.08. The first-order chi connectivity index (χ1) is 11.7. The molecule has 2 N–H and O–H groups in total. The molecule has 3 rings (SSSR count). The van der Waals surface area contributed by atoms with Gasteiger partial charge in [-0.25, -0.2) is 0 Å². The topological polar surface area (TPSA) is 48.6 Å². The molecule has 1 fully saturated rings. The third-order valence-electron chi connectivity index (χ3n) is 4.80. The minimum atomic E-state index is -0.124. The molecule has 24 heavy (non-hydrogen) atoms. The van der Waals surface area contributed by atoms with Crippen LogP contribution in [-0.2, 0) is 13.0 Å². The van der Waals surface area contributed by atoms with Crippen LogP contribution in [0.5, 0.6) is 0 Å². The molecule has 0 radical (unpaired) electrons. The van der Waals surface area contributed by atoms with Gasteiger partial charge in [-0.1, -0.05) is 25.1 Å². The number of rotatable bonds is 6. The molecule has 2 heterocycles. The molecule has 1 aromatic carbocycles. The van der Waals surface area contributed by atoms with E-state index in [1.54, 1.807) is 0 Å². The van der Waals surface area contributed by atoms with E-state index in [9.17, 15) is 5.11 Å². The SMILES string of the molecule is CCc1ccc(C(C)Nc2ccccc2CN2CCC(O)CC2)o1. The lowest BCUT2D eigenvalue weighted by atomic mass is 10.1. The summed E-state index contributed by atoms with van der Waals surface area (Å²) in [6.07, 6.45) is 2.54. The highest BCUT2D eigenvalue weighted by Gasteiger charge is 2.18. The van der Waals surface area contributed by atoms with Crippen LogP contribution in [-0.4, -0.2) is 29.2 Å². The molecule has 0 bridgehead atoms. The van der Waals surface area contributed by atoms with Gasteiger partial charge in [-0.05, 0) is 43.5 Å². The minimum Gasteiger partial charge on any atom is -0.464 e. The number of hydrogen-bond donors (Lipinski definition) is 2. The Morgan fingerprint density at radius 3 is 2.67 bits per heavy atom. The van der Waals surface area contributed by atoms with Crippen molar-refractivity contribution in [1.29, 1.82) is 0 Å². The third-order valence-corrected chi connectivity index (χ3v) is 4.80. The van der Waals surface area contributed by atoms with Gasteiger partial charge in [0.05, 0.1) is 12.1 Å². The van der Waals surface area contributed by atoms with Crippen LogP contribution in [0.15, 0.2) is 40.8 Å². The zero-order valence-corrected chi connectivity index (χ0v) is 14.7. The van der Waals surface area contributed by atoms with E-state index >= 15 is 0 Å². The van der Waals surface area contributed by atoms with E-state index in [1.807, 2.05) is 0 Å². The lowest BCUT2D eigenvalue weighted by Gasteiger charge is -2.30. The van der Waals surface area contributed by atoms with Crippen LogP contribution in [0.4, 0.5) is 5.69 Å². The molecule has 130 valence electrons. The van der Waals surface area contributed by atoms with Crippen molar-refractivity contribution in [3.8, 4) is 0 Å². The zero-order valence-electron chi connectivity index (χ0n) is 14.7. The Labute approximate surface area is 144 Å². The Kier molecular flexibility index (Phi) is 5.59. The number of nitrogens with zero attached hydrogens (tertiary/aromatic N) is 1. The maximum Gasteiger partial charge on any atom is 0.126 e. The molecule has 1 unspecified atom stereocenters. The predicted molar refractivity (Wildman–Crippen MR) is 97.1 cm³/mol. The number of hydrogen-bond acceptors (Lipinski definition) is 4. The molecule has 0 amide bonds. The Hall–Kier alpha value is -1.78. The quantitative estimate of drug-likeness (QED) is 0.842. The van der Waals surface area contributed by atoms with Crippen LogP contribution >= 0.6 is 0 Å². The highest BCUT2D eigenvalue weighted by Crippen LogP contribution is 2.25. The summed E-state index contributed by atoms with van der Waals surface area (Å²) in [5, 5.41) is 13.3. The normalized spacial score (nSPS) is 17.8. The van der Waals surface area contributed by atoms with E-state index in [0.29, 0.717) is 0 Å². The number of aliphatic hydroxyl groups excluding tert-OH is 1. The second-order valence-electron chi connectivity index (χ2n) is 6.69. The van der Waals surface area contributed by atoms with Crippen molar-refractivity contribution in [3.05, 3.63) is 53.5 Å². The van der Waals surface area contributed by atoms with Gasteiger partial charge in [-0.15, -0.1) is 0 Å². The van der Waals surface area contributed by atoms with Crippen molar-refractivity contribution in [3.63, 3.8) is 0 Å². The van der Waals surface area contributed by atoms with Gasteiger partial charge in [0, 0.05) is 31.7 Å². The van der Waals surface area contributed by atoms with Crippen LogP contribution in [0.3, 0.4) is 0 Å². The second-order valence-corrected chi connectivity index (χ2v) is 6.69. The van der Waals surface area contributed by atoms with Crippen molar-refractivity contribution < 1.29 is 9.52 Å². The molecular weight excluding hydrogens is 300 g/mol. The van der Waals surface area contributed by atoms with Gasteiger partial charge < -0.3 is 14.8 Å². The van der Waals surface area contributed by atoms with E-state index in [0.717, 1.165) is 56.1 Å². The van der Waals surface area contributed by atoms with Gasteiger partial charge in [-0.3, -0.25) is 4.90 Å². The maximum absolute atomic E-state index is 9.67. The minimum absolute atomic E-state index is 0.124. The highest BCUT2D eigenvalue weighted by atomic mass is 16.3. The molecule has 1 atom stereocenters. The summed E-state index contributed by atoms with van der Waals surface area (Å²) < 4.78 is 5.87. The summed E-state index contributed by atoms with van der Waals surface area (Å²) in [6.45, 7) is 7.07. The van der Waals surface area contributed by atoms with Gasteiger partial charge in [0.1, 0.15) is 11.5 Å². The van der Waals surface area contributed by atoms with Gasteiger partial charge in [0.15, 0.2) is 0 Å². The van der Waals surface area contributed by atoms with E-state index < -0.39 is 0 Å². The Morgan fingerprint density at radius 1 is 1.21 bits per heavy atom. The van der Waals surface area contributed by atoms with Crippen LogP contribution < -0.4 is 5.32 Å². The lowest BCUT2D eigenvalue weighted by molar-refractivity contribution is 0.0793. The van der Waals surface area contributed by atoms with Crippen LogP contribution in [0, 0.1) is 0 Å². The van der Waals surface area contributed by atoms with Crippen molar-refractivity contribution in [2.45, 2.75) is 51.8 Å². The number of anilines is 1. The fraction of sp³-hybridized carbons (Fsp3) is 0.500. The molecule has 1 saturated heterocycles. The van der Waals surface area contributed by atoms with Crippen LogP contribution in [0.1, 0.15) is 49.8 Å². The molecule has 4 nitrogen and oxygen atoms in total. The summed E-state index contributed by atoms with van der Waals surface area (Å²) in [5.41, 5.74) is 2.45. The summed E-state index contributed by atoms with van der Waals surface area (Å²) in [4.78, 5) is 2.42. The molecule has 0 spiro atoms. The first-order valence-electron chi connectivity index (χ1n) is 8.99. The highest BCUT2D eigenvalue weighted by molar-refractivity contribution is 5.52. The number of nitrogens with one attached hydrogen (secondary N) is 1. The summed E-state index contributed by atoms with van der Waals surface area (Å²) in [7, 11) is 0. The molecule has 0 aliphatic carbocycles. The fourth-order valence-corrected chi connectivity index (χ4v) is 3.24. The van der Waals surface area contributed by atoms with Crippen molar-refractivity contribution in [2.75, 3.05) is 18.4 Å². The molecular formula is C20H28N2O2. The predicted octanol–water partition coefficient (Wildman–Crippen LogP) is 3.97. The number of piperidine rings is 1. The van der Waals surface area contributed by atoms with Gasteiger partial charge in [0.25, 0.3) is 0 Å². The Balaban J connectivity index is 1.67. The molecule has 0 saturated carbocycles. The number of likely N-dealkylation sites (tertiary alicyclic amines) is 1. The van der Waals surface area contributed by atoms with Gasteiger partial charge in [0.2, 0.25) is 0 Å². The Morgan fingerprint density at radius 2 is 1.96 bits per heavy atom. The van der Waals surface area contributed by atoms with Crippen molar-refractivity contribution in [1.82, 2.24) is 4.90 Å². The molecule has 4 heteroatoms. The summed E-state index contributed by atoms with van der Waals surface area (Å²) in [5.74, 6) is 2.00. The number of aliphatic hydroxyl groups is 1. The number of benzene rings is 1. The summed E-state index contributed by atoms with van der Waals surface area (Å²) in [6, 6.07) is 12.7. The van der Waals surface area contributed by atoms with Crippen LogP contribution in [0.25, 0.3) is 0 Å². The van der Waals surface area contributed by atoms with E-state index in [1.165, 1.54) is 5.56 Å². The third kappa shape index (κ3) is 4.19. The average molecular weight is 328 g/mol. The van der Waals surface area contributed by atoms with Gasteiger partial charge in [-0.2, -0.15) is 0 Å². The zero-order chi connectivity index (χ0) is 16.9. The maximum atomic E-state index is 9.67. The molecule has 1 aliphatic rings. The van der Waals surface area contributed by atoms with Crippen molar-refractivity contribution >= 4 is 5.69 Å². The largest absolute Gasteiger partial charge is 0.464 e. The first kappa shape index (κ1) is 17.1. The van der Waals surface area contributed by atoms with Crippen molar-refractivity contribution in [2.24, 2.45) is 0 Å². The summed E-state index contributed by atoms with van der Waals surface area (Å²) >= 11 is 0. The lowest BCUT2D eigenvalue weighted by Crippen LogP contribution is -2.35. The molecule has 1 aromatic heterocycles.